The third-order valence-electron chi connectivity index (χ3n) is 3.22. The second-order valence-electron chi connectivity index (χ2n) is 4.55. The lowest BCUT2D eigenvalue weighted by molar-refractivity contribution is 0.0987. The highest BCUT2D eigenvalue weighted by atomic mass is 16.2. The maximum absolute atomic E-state index is 12.5. The van der Waals surface area contributed by atoms with Gasteiger partial charge in [-0.3, -0.25) is 9.69 Å². The van der Waals surface area contributed by atoms with Gasteiger partial charge in [0.1, 0.15) is 5.82 Å². The fourth-order valence-corrected chi connectivity index (χ4v) is 2.01. The van der Waals surface area contributed by atoms with Crippen LogP contribution in [-0.4, -0.2) is 17.4 Å². The van der Waals surface area contributed by atoms with Crippen molar-refractivity contribution in [2.24, 2.45) is 0 Å². The number of hydrogen-bond acceptors (Lipinski definition) is 3. The van der Waals surface area contributed by atoms with Crippen LogP contribution in [0.3, 0.4) is 0 Å². The third-order valence-corrected chi connectivity index (χ3v) is 3.22. The van der Waals surface area contributed by atoms with Crippen molar-refractivity contribution in [3.05, 3.63) is 53.7 Å². The number of amides is 1. The highest BCUT2D eigenvalue weighted by molar-refractivity contribution is 6.05. The number of aryl methyl sites for hydroxylation is 1. The van der Waals surface area contributed by atoms with E-state index in [-0.39, 0.29) is 5.91 Å². The van der Waals surface area contributed by atoms with Crippen LogP contribution in [0.15, 0.2) is 42.6 Å². The first kappa shape index (κ1) is 14.1. The van der Waals surface area contributed by atoms with Crippen molar-refractivity contribution >= 4 is 17.4 Å². The van der Waals surface area contributed by atoms with Crippen LogP contribution >= 0.6 is 0 Å². The zero-order valence-electron chi connectivity index (χ0n) is 11.8. The number of nitrogens with two attached hydrogens (primary N) is 1. The topological polar surface area (TPSA) is 59.2 Å². The van der Waals surface area contributed by atoms with Crippen LogP contribution < -0.4 is 10.6 Å². The summed E-state index contributed by atoms with van der Waals surface area (Å²) in [6, 6.07) is 11.2. The second-order valence-corrected chi connectivity index (χ2v) is 4.55. The van der Waals surface area contributed by atoms with E-state index in [4.69, 9.17) is 5.73 Å². The lowest BCUT2D eigenvalue weighted by Gasteiger charge is -2.20. The molecule has 0 atom stereocenters. The van der Waals surface area contributed by atoms with Gasteiger partial charge in [-0.2, -0.15) is 0 Å². The molecule has 2 N–H and O–H groups in total. The van der Waals surface area contributed by atoms with E-state index in [2.05, 4.69) is 11.9 Å². The summed E-state index contributed by atoms with van der Waals surface area (Å²) in [5, 5.41) is 0. The minimum atomic E-state index is -0.0487. The third kappa shape index (κ3) is 2.96. The average molecular weight is 269 g/mol. The molecule has 0 spiro atoms. The molecule has 20 heavy (non-hydrogen) atoms. The highest BCUT2D eigenvalue weighted by Gasteiger charge is 2.16. The van der Waals surface area contributed by atoms with E-state index in [1.807, 2.05) is 31.2 Å². The summed E-state index contributed by atoms with van der Waals surface area (Å²) < 4.78 is 0. The van der Waals surface area contributed by atoms with Crippen molar-refractivity contribution in [3.8, 4) is 0 Å². The molecule has 0 unspecified atom stereocenters. The predicted octanol–water partition coefficient (Wildman–Crippen LogP) is 2.89. The molecule has 0 aliphatic carbocycles. The molecule has 1 aromatic carbocycles. The van der Waals surface area contributed by atoms with E-state index in [1.54, 1.807) is 23.2 Å². The quantitative estimate of drug-likeness (QED) is 0.928. The Labute approximate surface area is 119 Å². The Bertz CT molecular complexity index is 576. The van der Waals surface area contributed by atoms with E-state index in [0.29, 0.717) is 23.6 Å². The van der Waals surface area contributed by atoms with Crippen molar-refractivity contribution < 1.29 is 4.79 Å². The molecular weight excluding hydrogens is 250 g/mol. The number of carbonyl (C=O) groups is 1. The first-order chi connectivity index (χ1) is 9.65. The Morgan fingerprint density at radius 1 is 1.15 bits per heavy atom. The average Bonchev–Trinajstić information content (AvgIpc) is 2.50. The molecule has 1 aromatic heterocycles. The van der Waals surface area contributed by atoms with Gasteiger partial charge in [0, 0.05) is 12.1 Å². The van der Waals surface area contributed by atoms with Crippen LogP contribution in [0.1, 0.15) is 29.8 Å². The first-order valence-corrected chi connectivity index (χ1v) is 6.78. The van der Waals surface area contributed by atoms with Gasteiger partial charge in [0.25, 0.3) is 5.91 Å². The minimum absolute atomic E-state index is 0.0487. The molecule has 1 heterocycles. The van der Waals surface area contributed by atoms with E-state index >= 15 is 0 Å². The number of carbonyl (C=O) groups excluding carboxylic acids is 1. The molecule has 1 amide bonds. The molecule has 0 fully saturated rings. The number of benzene rings is 1. The normalized spacial score (nSPS) is 10.3. The number of rotatable bonds is 4. The van der Waals surface area contributed by atoms with Crippen LogP contribution in [0, 0.1) is 0 Å². The fraction of sp³-hybridized carbons (Fsp3) is 0.250. The van der Waals surface area contributed by atoms with Gasteiger partial charge in [0.15, 0.2) is 0 Å². The second kappa shape index (κ2) is 6.19. The van der Waals surface area contributed by atoms with Crippen LogP contribution in [0.2, 0.25) is 0 Å². The predicted molar refractivity (Wildman–Crippen MR) is 81.8 cm³/mol. The highest BCUT2D eigenvalue weighted by Crippen LogP contribution is 2.16. The van der Waals surface area contributed by atoms with Gasteiger partial charge in [-0.15, -0.1) is 0 Å². The molecule has 4 heteroatoms. The first-order valence-electron chi connectivity index (χ1n) is 6.78. The number of pyridine rings is 1. The van der Waals surface area contributed by atoms with Gasteiger partial charge in [0.05, 0.1) is 11.9 Å². The van der Waals surface area contributed by atoms with Gasteiger partial charge >= 0.3 is 0 Å². The van der Waals surface area contributed by atoms with Crippen LogP contribution in [0.25, 0.3) is 0 Å². The van der Waals surface area contributed by atoms with Crippen molar-refractivity contribution in [3.63, 3.8) is 0 Å². The zero-order valence-corrected chi connectivity index (χ0v) is 11.8. The Morgan fingerprint density at radius 3 is 2.35 bits per heavy atom. The molecule has 0 saturated carbocycles. The van der Waals surface area contributed by atoms with Gasteiger partial charge in [-0.05, 0) is 43.2 Å². The molecule has 0 bridgehead atoms. The smallest absolute Gasteiger partial charge is 0.259 e. The molecule has 0 saturated heterocycles. The van der Waals surface area contributed by atoms with Gasteiger partial charge in [-0.1, -0.05) is 19.1 Å². The maximum Gasteiger partial charge on any atom is 0.259 e. The molecule has 0 aliphatic heterocycles. The zero-order chi connectivity index (χ0) is 14.5. The summed E-state index contributed by atoms with van der Waals surface area (Å²) in [7, 11) is 0. The van der Waals surface area contributed by atoms with Crippen molar-refractivity contribution in [1.29, 1.82) is 0 Å². The SMILES string of the molecule is CCc1ccc(C(=O)N(CC)c2ccc(N)cn2)cc1. The Hall–Kier alpha value is -2.36. The monoisotopic (exact) mass is 269 g/mol. The lowest BCUT2D eigenvalue weighted by atomic mass is 10.1. The molecule has 4 nitrogen and oxygen atoms in total. The Kier molecular flexibility index (Phi) is 4.35. The van der Waals surface area contributed by atoms with Crippen LogP contribution in [0.5, 0.6) is 0 Å². The maximum atomic E-state index is 12.5. The summed E-state index contributed by atoms with van der Waals surface area (Å²) in [6.45, 7) is 4.58. The van der Waals surface area contributed by atoms with Crippen LogP contribution in [-0.2, 0) is 6.42 Å². The lowest BCUT2D eigenvalue weighted by Crippen LogP contribution is -2.31. The standard InChI is InChI=1S/C16H19N3O/c1-3-12-5-7-13(8-6-12)16(20)19(4-2)15-10-9-14(17)11-18-15/h5-11H,3-4,17H2,1-2H3. The number of anilines is 2. The summed E-state index contributed by atoms with van der Waals surface area (Å²) in [5.74, 6) is 0.568. The van der Waals surface area contributed by atoms with E-state index in [1.165, 1.54) is 5.56 Å². The minimum Gasteiger partial charge on any atom is -0.397 e. The number of nitrogens with zero attached hydrogens (tertiary/aromatic N) is 2. The molecule has 104 valence electrons. The summed E-state index contributed by atoms with van der Waals surface area (Å²) in [5.41, 5.74) is 8.10. The van der Waals surface area contributed by atoms with E-state index < -0.39 is 0 Å². The van der Waals surface area contributed by atoms with Crippen molar-refractivity contribution in [2.45, 2.75) is 20.3 Å². The Morgan fingerprint density at radius 2 is 1.85 bits per heavy atom. The van der Waals surface area contributed by atoms with Crippen molar-refractivity contribution in [2.75, 3.05) is 17.2 Å². The largest absolute Gasteiger partial charge is 0.397 e. The molecule has 2 aromatic rings. The van der Waals surface area contributed by atoms with E-state index in [9.17, 15) is 4.79 Å². The molecule has 0 aliphatic rings. The van der Waals surface area contributed by atoms with Gasteiger partial charge in [0.2, 0.25) is 0 Å². The fourth-order valence-electron chi connectivity index (χ4n) is 2.01. The van der Waals surface area contributed by atoms with Gasteiger partial charge in [-0.25, -0.2) is 4.98 Å². The van der Waals surface area contributed by atoms with E-state index in [0.717, 1.165) is 6.42 Å². The number of nitrogen functional groups attached to an aromatic ring is 1. The molecule has 0 radical (unpaired) electrons. The summed E-state index contributed by atoms with van der Waals surface area (Å²) in [6.07, 6.45) is 2.52. The Balaban J connectivity index is 2.26. The molecule has 2 rings (SSSR count). The van der Waals surface area contributed by atoms with Crippen molar-refractivity contribution in [1.82, 2.24) is 4.98 Å². The summed E-state index contributed by atoms with van der Waals surface area (Å²) in [4.78, 5) is 18.4. The van der Waals surface area contributed by atoms with Crippen LogP contribution in [0.4, 0.5) is 11.5 Å². The molecular formula is C16H19N3O. The van der Waals surface area contributed by atoms with Gasteiger partial charge < -0.3 is 5.73 Å². The summed E-state index contributed by atoms with van der Waals surface area (Å²) >= 11 is 0. The number of hydrogen-bond donors (Lipinski definition) is 1. The number of aromatic nitrogens is 1.